The molecule has 0 bridgehead atoms. The van der Waals surface area contributed by atoms with Crippen LogP contribution in [0.1, 0.15) is 5.56 Å². The first-order valence-electron chi connectivity index (χ1n) is 3.15. The van der Waals surface area contributed by atoms with E-state index in [4.69, 9.17) is 0 Å². The summed E-state index contributed by atoms with van der Waals surface area (Å²) in [5, 5.41) is 0. The minimum atomic E-state index is -0.833. The van der Waals surface area contributed by atoms with Gasteiger partial charge in [0.15, 0.2) is 11.6 Å². The molecule has 0 aliphatic heterocycles. The van der Waals surface area contributed by atoms with Crippen molar-refractivity contribution in [2.45, 2.75) is 0 Å². The summed E-state index contributed by atoms with van der Waals surface area (Å²) in [5.74, 6) is -1.66. The van der Waals surface area contributed by atoms with E-state index in [2.05, 4.69) is 6.92 Å². The number of hydrogen-bond donors (Lipinski definition) is 0. The van der Waals surface area contributed by atoms with Crippen molar-refractivity contribution in [1.82, 2.24) is 0 Å². The predicted octanol–water partition coefficient (Wildman–Crippen LogP) is 2.81. The summed E-state index contributed by atoms with van der Waals surface area (Å²) in [5.41, 5.74) is 0.610. The fraction of sp³-hybridized carbons (Fsp3) is 0. The van der Waals surface area contributed by atoms with Crippen LogP contribution >= 0.6 is 0 Å². The Balaban J connectivity index is 3.05. The van der Waals surface area contributed by atoms with Crippen molar-refractivity contribution in [2.24, 2.45) is 0 Å². The molecule has 1 rings (SSSR count). The lowest BCUT2D eigenvalue weighted by atomic mass is 10.2. The van der Waals surface area contributed by atoms with Crippen molar-refractivity contribution < 1.29 is 8.78 Å². The molecule has 57 valence electrons. The van der Waals surface area contributed by atoms with Crippen LogP contribution in [0.5, 0.6) is 0 Å². The molecule has 0 heterocycles. The van der Waals surface area contributed by atoms with Gasteiger partial charge in [-0.2, -0.15) is 0 Å². The van der Waals surface area contributed by atoms with E-state index >= 15 is 0 Å². The van der Waals surface area contributed by atoms with Gasteiger partial charge in [0.1, 0.15) is 0 Å². The second-order valence-corrected chi connectivity index (χ2v) is 2.08. The molecule has 0 spiro atoms. The summed E-state index contributed by atoms with van der Waals surface area (Å²) >= 11 is 0. The Bertz CT molecular complexity index is 277. The van der Waals surface area contributed by atoms with Crippen LogP contribution in [0.15, 0.2) is 24.3 Å². The lowest BCUT2D eigenvalue weighted by Gasteiger charge is -1.93. The van der Waals surface area contributed by atoms with Crippen molar-refractivity contribution in [3.05, 3.63) is 48.4 Å². The normalized spacial score (nSPS) is 10.8. The summed E-state index contributed by atoms with van der Waals surface area (Å²) in [6.07, 6.45) is 3.12. The van der Waals surface area contributed by atoms with Crippen molar-refractivity contribution >= 4 is 6.08 Å². The minimum Gasteiger partial charge on any atom is -0.204 e. The van der Waals surface area contributed by atoms with Gasteiger partial charge in [0.2, 0.25) is 0 Å². The van der Waals surface area contributed by atoms with Crippen LogP contribution < -0.4 is 0 Å². The van der Waals surface area contributed by atoms with Gasteiger partial charge < -0.3 is 0 Å². The number of rotatable bonds is 1. The van der Waals surface area contributed by atoms with E-state index in [-0.39, 0.29) is 0 Å². The van der Waals surface area contributed by atoms with Gasteiger partial charge in [0.05, 0.1) is 0 Å². The molecule has 1 aromatic rings. The second-order valence-electron chi connectivity index (χ2n) is 2.08. The summed E-state index contributed by atoms with van der Waals surface area (Å²) in [4.78, 5) is 0. The summed E-state index contributed by atoms with van der Waals surface area (Å²) < 4.78 is 24.8. The zero-order valence-corrected chi connectivity index (χ0v) is 5.85. The summed E-state index contributed by atoms with van der Waals surface area (Å²) in [7, 11) is 0. The lowest BCUT2D eigenvalue weighted by molar-refractivity contribution is 0.508. The lowest BCUT2D eigenvalue weighted by Crippen LogP contribution is -1.83. The van der Waals surface area contributed by atoms with Gasteiger partial charge >= 0.3 is 0 Å². The van der Waals surface area contributed by atoms with Crippen molar-refractivity contribution in [2.75, 3.05) is 0 Å². The van der Waals surface area contributed by atoms with E-state index in [0.29, 0.717) is 5.56 Å². The molecule has 0 saturated carbocycles. The molecule has 0 fully saturated rings. The van der Waals surface area contributed by atoms with E-state index in [1.165, 1.54) is 12.1 Å². The molecule has 0 atom stereocenters. The van der Waals surface area contributed by atoms with Gasteiger partial charge in [-0.3, -0.25) is 0 Å². The monoisotopic (exact) mass is 153 g/mol. The van der Waals surface area contributed by atoms with Gasteiger partial charge in [0.25, 0.3) is 0 Å². The molecular weight excluding hydrogens is 146 g/mol. The quantitative estimate of drug-likeness (QED) is 0.582. The Labute approximate surface area is 64.2 Å². The number of hydrogen-bond acceptors (Lipinski definition) is 0. The maximum atomic E-state index is 12.5. The van der Waals surface area contributed by atoms with Crippen molar-refractivity contribution in [3.63, 3.8) is 0 Å². The summed E-state index contributed by atoms with van der Waals surface area (Å²) in [6.45, 7) is 3.44. The zero-order valence-electron chi connectivity index (χ0n) is 5.85. The third kappa shape index (κ3) is 1.87. The van der Waals surface area contributed by atoms with Crippen LogP contribution in [0, 0.1) is 18.6 Å². The van der Waals surface area contributed by atoms with Gasteiger partial charge in [0, 0.05) is 0 Å². The maximum absolute atomic E-state index is 12.5. The topological polar surface area (TPSA) is 0 Å². The molecule has 1 aromatic carbocycles. The molecule has 0 unspecified atom stereocenters. The average Bonchev–Trinajstić information content (AvgIpc) is 1.98. The molecule has 0 aromatic heterocycles. The maximum Gasteiger partial charge on any atom is 0.159 e. The third-order valence-electron chi connectivity index (χ3n) is 1.25. The predicted molar refractivity (Wildman–Crippen MR) is 40.7 cm³/mol. The number of allylic oxidation sites excluding steroid dienone is 1. The highest BCUT2D eigenvalue weighted by atomic mass is 19.2. The standard InChI is InChI=1S/C9H7F2/c1-2-3-7-4-5-8(10)9(11)6-7/h2-6H,1H2/b3-2+. The van der Waals surface area contributed by atoms with Crippen LogP contribution in [0.3, 0.4) is 0 Å². The first kappa shape index (κ1) is 7.92. The van der Waals surface area contributed by atoms with Crippen LogP contribution in [0.25, 0.3) is 6.08 Å². The number of benzene rings is 1. The molecule has 0 nitrogen and oxygen atoms in total. The van der Waals surface area contributed by atoms with Crippen LogP contribution in [0.4, 0.5) is 8.78 Å². The molecule has 0 N–H and O–H groups in total. The van der Waals surface area contributed by atoms with Crippen molar-refractivity contribution in [1.29, 1.82) is 0 Å². The molecule has 0 aliphatic carbocycles. The molecule has 1 radical (unpaired) electrons. The third-order valence-corrected chi connectivity index (χ3v) is 1.25. The smallest absolute Gasteiger partial charge is 0.159 e. The van der Waals surface area contributed by atoms with E-state index in [9.17, 15) is 8.78 Å². The first-order valence-corrected chi connectivity index (χ1v) is 3.15. The van der Waals surface area contributed by atoms with Gasteiger partial charge in [-0.25, -0.2) is 8.78 Å². The molecular formula is C9H7F2. The Kier molecular flexibility index (Phi) is 2.36. The van der Waals surface area contributed by atoms with Crippen molar-refractivity contribution in [3.8, 4) is 0 Å². The van der Waals surface area contributed by atoms with Gasteiger partial charge in [-0.15, -0.1) is 0 Å². The van der Waals surface area contributed by atoms with Crippen LogP contribution in [-0.2, 0) is 0 Å². The Hall–Kier alpha value is -1.18. The first-order chi connectivity index (χ1) is 5.24. The van der Waals surface area contributed by atoms with Crippen LogP contribution in [-0.4, -0.2) is 0 Å². The van der Waals surface area contributed by atoms with E-state index in [1.54, 1.807) is 6.08 Å². The highest BCUT2D eigenvalue weighted by Gasteiger charge is 1.98. The van der Waals surface area contributed by atoms with E-state index < -0.39 is 11.6 Å². The molecule has 0 saturated heterocycles. The zero-order chi connectivity index (χ0) is 8.27. The Morgan fingerprint density at radius 2 is 1.91 bits per heavy atom. The van der Waals surface area contributed by atoms with Gasteiger partial charge in [-0.1, -0.05) is 18.2 Å². The fourth-order valence-electron chi connectivity index (χ4n) is 0.752. The summed E-state index contributed by atoms with van der Waals surface area (Å²) in [6, 6.07) is 3.70. The molecule has 2 heteroatoms. The highest BCUT2D eigenvalue weighted by molar-refractivity contribution is 5.49. The molecule has 11 heavy (non-hydrogen) atoms. The minimum absolute atomic E-state index is 0.610. The fourth-order valence-corrected chi connectivity index (χ4v) is 0.752. The molecule has 0 aliphatic rings. The Morgan fingerprint density at radius 1 is 1.18 bits per heavy atom. The highest BCUT2D eigenvalue weighted by Crippen LogP contribution is 2.09. The van der Waals surface area contributed by atoms with E-state index in [0.717, 1.165) is 12.1 Å². The average molecular weight is 153 g/mol. The van der Waals surface area contributed by atoms with E-state index in [1.807, 2.05) is 0 Å². The van der Waals surface area contributed by atoms with Gasteiger partial charge in [-0.05, 0) is 24.6 Å². The Morgan fingerprint density at radius 3 is 2.45 bits per heavy atom. The largest absolute Gasteiger partial charge is 0.204 e. The SMILES string of the molecule is [CH2]/C=C/c1ccc(F)c(F)c1. The van der Waals surface area contributed by atoms with Crippen LogP contribution in [0.2, 0.25) is 0 Å². The second kappa shape index (κ2) is 3.28. The molecule has 0 amide bonds. The number of halogens is 2.